The van der Waals surface area contributed by atoms with Crippen LogP contribution in [0.2, 0.25) is 0 Å². The van der Waals surface area contributed by atoms with E-state index in [1.807, 2.05) is 23.1 Å². The molecule has 3 heteroatoms. The van der Waals surface area contributed by atoms with Crippen LogP contribution in [0.1, 0.15) is 25.0 Å². The second-order valence-corrected chi connectivity index (χ2v) is 5.32. The van der Waals surface area contributed by atoms with Crippen molar-refractivity contribution in [3.8, 4) is 0 Å². The summed E-state index contributed by atoms with van der Waals surface area (Å²) in [6.45, 7) is 7.44. The van der Waals surface area contributed by atoms with E-state index in [0.29, 0.717) is 5.92 Å². The van der Waals surface area contributed by atoms with Crippen LogP contribution in [0.25, 0.3) is 0 Å². The van der Waals surface area contributed by atoms with Gasteiger partial charge in [0.15, 0.2) is 0 Å². The van der Waals surface area contributed by atoms with Gasteiger partial charge in [-0.25, -0.2) is 0 Å². The predicted octanol–water partition coefficient (Wildman–Crippen LogP) is 2.72. The van der Waals surface area contributed by atoms with Crippen molar-refractivity contribution in [1.29, 1.82) is 0 Å². The van der Waals surface area contributed by atoms with Gasteiger partial charge >= 0.3 is 0 Å². The molecule has 0 aliphatic rings. The first kappa shape index (κ1) is 13.8. The summed E-state index contributed by atoms with van der Waals surface area (Å²) in [5.41, 5.74) is 2.77. The lowest BCUT2D eigenvalue weighted by Crippen LogP contribution is -2.22. The van der Waals surface area contributed by atoms with Gasteiger partial charge in [-0.05, 0) is 42.6 Å². The van der Waals surface area contributed by atoms with Crippen molar-refractivity contribution >= 4 is 0 Å². The number of nitrogens with zero attached hydrogens (tertiary/aromatic N) is 2. The van der Waals surface area contributed by atoms with Crippen LogP contribution < -0.4 is 5.32 Å². The van der Waals surface area contributed by atoms with Gasteiger partial charge in [-0.1, -0.05) is 38.1 Å². The maximum absolute atomic E-state index is 4.27. The molecule has 102 valence electrons. The van der Waals surface area contributed by atoms with Crippen molar-refractivity contribution in [3.05, 3.63) is 53.9 Å². The van der Waals surface area contributed by atoms with Crippen LogP contribution in [0.4, 0.5) is 0 Å². The van der Waals surface area contributed by atoms with Gasteiger partial charge in [0, 0.05) is 12.4 Å². The molecule has 0 fully saturated rings. The minimum atomic E-state index is 0.708. The van der Waals surface area contributed by atoms with Gasteiger partial charge in [-0.2, -0.15) is 5.10 Å². The smallest absolute Gasteiger partial charge is 0.0662 e. The fraction of sp³-hybridized carbons (Fsp3) is 0.438. The average Bonchev–Trinajstić information content (AvgIpc) is 2.89. The molecule has 1 aromatic carbocycles. The molecule has 0 amide bonds. The normalized spacial score (nSPS) is 11.1. The third-order valence-electron chi connectivity index (χ3n) is 3.13. The van der Waals surface area contributed by atoms with E-state index >= 15 is 0 Å². The van der Waals surface area contributed by atoms with Gasteiger partial charge in [0.1, 0.15) is 0 Å². The molecule has 0 saturated heterocycles. The van der Waals surface area contributed by atoms with Gasteiger partial charge in [-0.3, -0.25) is 4.68 Å². The Morgan fingerprint density at radius 1 is 1.16 bits per heavy atom. The zero-order valence-electron chi connectivity index (χ0n) is 11.8. The van der Waals surface area contributed by atoms with Crippen LogP contribution in [-0.4, -0.2) is 22.9 Å². The Kier molecular flexibility index (Phi) is 5.16. The highest BCUT2D eigenvalue weighted by Gasteiger charge is 2.03. The topological polar surface area (TPSA) is 29.9 Å². The predicted molar refractivity (Wildman–Crippen MR) is 79.2 cm³/mol. The number of hydrogen-bond acceptors (Lipinski definition) is 2. The molecule has 0 saturated carbocycles. The van der Waals surface area contributed by atoms with E-state index in [-0.39, 0.29) is 0 Å². The molecule has 0 aliphatic carbocycles. The van der Waals surface area contributed by atoms with Crippen molar-refractivity contribution in [2.75, 3.05) is 13.1 Å². The van der Waals surface area contributed by atoms with Crippen molar-refractivity contribution in [1.82, 2.24) is 15.1 Å². The molecule has 0 atom stereocenters. The summed E-state index contributed by atoms with van der Waals surface area (Å²) in [5.74, 6) is 0.708. The summed E-state index contributed by atoms with van der Waals surface area (Å²) in [7, 11) is 0. The summed E-state index contributed by atoms with van der Waals surface area (Å²) in [6, 6.07) is 10.6. The lowest BCUT2D eigenvalue weighted by Gasteiger charge is -2.11. The fourth-order valence-electron chi connectivity index (χ4n) is 2.14. The largest absolute Gasteiger partial charge is 0.316 e. The maximum Gasteiger partial charge on any atom is 0.0662 e. The second-order valence-electron chi connectivity index (χ2n) is 5.32. The maximum atomic E-state index is 4.27. The molecule has 0 unspecified atom stereocenters. The van der Waals surface area contributed by atoms with Crippen LogP contribution in [0.3, 0.4) is 0 Å². The first-order chi connectivity index (χ1) is 9.25. The molecular weight excluding hydrogens is 234 g/mol. The quantitative estimate of drug-likeness (QED) is 0.773. The molecule has 19 heavy (non-hydrogen) atoms. The zero-order valence-corrected chi connectivity index (χ0v) is 11.8. The molecule has 3 nitrogen and oxygen atoms in total. The lowest BCUT2D eigenvalue weighted by molar-refractivity contribution is 0.553. The Morgan fingerprint density at radius 3 is 2.63 bits per heavy atom. The van der Waals surface area contributed by atoms with Gasteiger partial charge in [-0.15, -0.1) is 0 Å². The summed E-state index contributed by atoms with van der Waals surface area (Å²) in [5, 5.41) is 7.77. The van der Waals surface area contributed by atoms with E-state index in [1.54, 1.807) is 0 Å². The molecular formula is C16H23N3. The third-order valence-corrected chi connectivity index (χ3v) is 3.13. The van der Waals surface area contributed by atoms with Crippen LogP contribution >= 0.6 is 0 Å². The van der Waals surface area contributed by atoms with Crippen LogP contribution in [0, 0.1) is 5.92 Å². The number of hydrogen-bond donors (Lipinski definition) is 1. The lowest BCUT2D eigenvalue weighted by atomic mass is 10.0. The molecule has 1 aromatic heterocycles. The second kappa shape index (κ2) is 7.10. The molecule has 0 spiro atoms. The van der Waals surface area contributed by atoms with Gasteiger partial charge in [0.05, 0.1) is 6.54 Å². The monoisotopic (exact) mass is 257 g/mol. The highest BCUT2D eigenvalue weighted by molar-refractivity contribution is 5.27. The first-order valence-electron chi connectivity index (χ1n) is 7.00. The zero-order chi connectivity index (χ0) is 13.5. The third kappa shape index (κ3) is 4.52. The summed E-state index contributed by atoms with van der Waals surface area (Å²) >= 11 is 0. The molecule has 1 heterocycles. The van der Waals surface area contributed by atoms with Crippen LogP contribution in [0.15, 0.2) is 42.7 Å². The number of aromatic nitrogens is 2. The Balaban J connectivity index is 1.92. The van der Waals surface area contributed by atoms with E-state index in [2.05, 4.69) is 48.5 Å². The Labute approximate surface area is 115 Å². The number of rotatable bonds is 7. The van der Waals surface area contributed by atoms with Crippen molar-refractivity contribution < 1.29 is 0 Å². The molecule has 0 aliphatic heterocycles. The van der Waals surface area contributed by atoms with Crippen LogP contribution in [0.5, 0.6) is 0 Å². The number of nitrogens with one attached hydrogen (secondary N) is 1. The van der Waals surface area contributed by atoms with Crippen molar-refractivity contribution in [2.24, 2.45) is 5.92 Å². The van der Waals surface area contributed by atoms with E-state index in [1.165, 1.54) is 11.1 Å². The Bertz CT molecular complexity index is 474. The van der Waals surface area contributed by atoms with E-state index in [0.717, 1.165) is 26.1 Å². The standard InChI is InChI=1S/C16H23N3/c1-14(2)12-17-10-8-15-6-3-4-7-16(15)13-19-11-5-9-18-19/h3-7,9,11,14,17H,8,10,12-13H2,1-2H3. The summed E-state index contributed by atoms with van der Waals surface area (Å²) in [6.07, 6.45) is 4.91. The van der Waals surface area contributed by atoms with Gasteiger partial charge in [0.2, 0.25) is 0 Å². The summed E-state index contributed by atoms with van der Waals surface area (Å²) in [4.78, 5) is 0. The van der Waals surface area contributed by atoms with E-state index in [4.69, 9.17) is 0 Å². The van der Waals surface area contributed by atoms with Crippen LogP contribution in [-0.2, 0) is 13.0 Å². The Morgan fingerprint density at radius 2 is 1.95 bits per heavy atom. The summed E-state index contributed by atoms with van der Waals surface area (Å²) < 4.78 is 1.97. The average molecular weight is 257 g/mol. The van der Waals surface area contributed by atoms with E-state index in [9.17, 15) is 0 Å². The Hall–Kier alpha value is -1.61. The van der Waals surface area contributed by atoms with Crippen molar-refractivity contribution in [3.63, 3.8) is 0 Å². The molecule has 0 radical (unpaired) electrons. The van der Waals surface area contributed by atoms with E-state index < -0.39 is 0 Å². The molecule has 2 aromatic rings. The minimum Gasteiger partial charge on any atom is -0.316 e. The minimum absolute atomic E-state index is 0.708. The highest BCUT2D eigenvalue weighted by atomic mass is 15.3. The first-order valence-corrected chi connectivity index (χ1v) is 7.00. The molecule has 0 bridgehead atoms. The van der Waals surface area contributed by atoms with Crippen molar-refractivity contribution in [2.45, 2.75) is 26.8 Å². The van der Waals surface area contributed by atoms with Gasteiger partial charge < -0.3 is 5.32 Å². The number of benzene rings is 1. The van der Waals surface area contributed by atoms with Gasteiger partial charge in [0.25, 0.3) is 0 Å². The fourth-order valence-corrected chi connectivity index (χ4v) is 2.14. The SMILES string of the molecule is CC(C)CNCCc1ccccc1Cn1cccn1. The molecule has 1 N–H and O–H groups in total. The highest BCUT2D eigenvalue weighted by Crippen LogP contribution is 2.10. The molecule has 2 rings (SSSR count).